The van der Waals surface area contributed by atoms with E-state index in [9.17, 15) is 9.59 Å². The average Bonchev–Trinajstić information content (AvgIpc) is 2.87. The van der Waals surface area contributed by atoms with Crippen molar-refractivity contribution in [1.82, 2.24) is 10.6 Å². The fourth-order valence-electron chi connectivity index (χ4n) is 1.86. The SMILES string of the molecule is O=C1CCC(CNCc2occc2C(=O)O)N1. The van der Waals surface area contributed by atoms with Crippen LogP contribution in [0.2, 0.25) is 0 Å². The number of hydrogen-bond acceptors (Lipinski definition) is 4. The second kappa shape index (κ2) is 5.01. The molecule has 0 bridgehead atoms. The molecule has 3 N–H and O–H groups in total. The van der Waals surface area contributed by atoms with Crippen molar-refractivity contribution < 1.29 is 19.1 Å². The Kier molecular flexibility index (Phi) is 3.43. The molecule has 2 heterocycles. The van der Waals surface area contributed by atoms with E-state index in [1.165, 1.54) is 12.3 Å². The van der Waals surface area contributed by atoms with Crippen LogP contribution in [0.4, 0.5) is 0 Å². The first-order valence-corrected chi connectivity index (χ1v) is 5.46. The molecule has 17 heavy (non-hydrogen) atoms. The van der Waals surface area contributed by atoms with Crippen LogP contribution in [0.5, 0.6) is 0 Å². The van der Waals surface area contributed by atoms with Gasteiger partial charge in [0.1, 0.15) is 11.3 Å². The van der Waals surface area contributed by atoms with Crippen LogP contribution in [0, 0.1) is 0 Å². The van der Waals surface area contributed by atoms with Gasteiger partial charge in [-0.15, -0.1) is 0 Å². The monoisotopic (exact) mass is 238 g/mol. The molecule has 1 saturated heterocycles. The first-order valence-electron chi connectivity index (χ1n) is 5.46. The highest BCUT2D eigenvalue weighted by molar-refractivity contribution is 5.88. The molecule has 0 spiro atoms. The summed E-state index contributed by atoms with van der Waals surface area (Å²) in [5, 5.41) is 14.8. The van der Waals surface area contributed by atoms with Crippen LogP contribution in [0.1, 0.15) is 29.0 Å². The Hall–Kier alpha value is -1.82. The molecular formula is C11H14N2O4. The summed E-state index contributed by atoms with van der Waals surface area (Å²) in [6.07, 6.45) is 2.74. The minimum absolute atomic E-state index is 0.0704. The van der Waals surface area contributed by atoms with Gasteiger partial charge in [-0.25, -0.2) is 4.79 Å². The normalized spacial score (nSPS) is 19.3. The highest BCUT2D eigenvalue weighted by atomic mass is 16.4. The molecule has 1 aliphatic heterocycles. The third-order valence-electron chi connectivity index (χ3n) is 2.74. The number of furan rings is 1. The topological polar surface area (TPSA) is 91.6 Å². The maximum atomic E-state index is 11.0. The van der Waals surface area contributed by atoms with Gasteiger partial charge in [0.2, 0.25) is 5.91 Å². The molecule has 0 aromatic carbocycles. The highest BCUT2D eigenvalue weighted by Gasteiger charge is 2.20. The van der Waals surface area contributed by atoms with E-state index in [1.54, 1.807) is 0 Å². The zero-order valence-electron chi connectivity index (χ0n) is 9.23. The second-order valence-electron chi connectivity index (χ2n) is 4.00. The van der Waals surface area contributed by atoms with Crippen LogP contribution in [0.25, 0.3) is 0 Å². The van der Waals surface area contributed by atoms with E-state index in [4.69, 9.17) is 9.52 Å². The van der Waals surface area contributed by atoms with Gasteiger partial charge in [-0.1, -0.05) is 0 Å². The van der Waals surface area contributed by atoms with E-state index >= 15 is 0 Å². The molecule has 1 aromatic rings. The summed E-state index contributed by atoms with van der Waals surface area (Å²) in [7, 11) is 0. The summed E-state index contributed by atoms with van der Waals surface area (Å²) in [5.74, 6) is -0.521. The number of rotatable bonds is 5. The van der Waals surface area contributed by atoms with Crippen LogP contribution >= 0.6 is 0 Å². The quantitative estimate of drug-likeness (QED) is 0.688. The molecule has 0 saturated carbocycles. The minimum Gasteiger partial charge on any atom is -0.478 e. The van der Waals surface area contributed by atoms with E-state index in [0.29, 0.717) is 25.3 Å². The molecule has 1 amide bonds. The zero-order valence-corrected chi connectivity index (χ0v) is 9.23. The first-order chi connectivity index (χ1) is 8.16. The van der Waals surface area contributed by atoms with Gasteiger partial charge in [-0.3, -0.25) is 4.79 Å². The first kappa shape index (κ1) is 11.7. The van der Waals surface area contributed by atoms with Gasteiger partial charge in [-0.05, 0) is 12.5 Å². The lowest BCUT2D eigenvalue weighted by atomic mass is 10.2. The van der Waals surface area contributed by atoms with Crippen LogP contribution < -0.4 is 10.6 Å². The molecule has 92 valence electrons. The molecule has 1 atom stereocenters. The molecule has 6 heteroatoms. The van der Waals surface area contributed by atoms with E-state index in [1.807, 2.05) is 0 Å². The van der Waals surface area contributed by atoms with Gasteiger partial charge in [-0.2, -0.15) is 0 Å². The molecule has 1 unspecified atom stereocenters. The van der Waals surface area contributed by atoms with Crippen molar-refractivity contribution in [2.45, 2.75) is 25.4 Å². The number of carbonyl (C=O) groups excluding carboxylic acids is 1. The summed E-state index contributed by atoms with van der Waals surface area (Å²) >= 11 is 0. The zero-order chi connectivity index (χ0) is 12.3. The number of nitrogens with one attached hydrogen (secondary N) is 2. The predicted octanol–water partition coefficient (Wildman–Crippen LogP) is 0.346. The Morgan fingerprint density at radius 3 is 3.12 bits per heavy atom. The van der Waals surface area contributed by atoms with Crippen molar-refractivity contribution in [3.63, 3.8) is 0 Å². The Morgan fingerprint density at radius 1 is 1.65 bits per heavy atom. The van der Waals surface area contributed by atoms with Crippen LogP contribution in [-0.2, 0) is 11.3 Å². The lowest BCUT2D eigenvalue weighted by Gasteiger charge is -2.10. The lowest BCUT2D eigenvalue weighted by Crippen LogP contribution is -2.35. The standard InChI is InChI=1S/C11H14N2O4/c14-10-2-1-7(13-10)5-12-6-9-8(11(15)16)3-4-17-9/h3-4,7,12H,1-2,5-6H2,(H,13,14)(H,15,16). The van der Waals surface area contributed by atoms with E-state index in [2.05, 4.69) is 10.6 Å². The van der Waals surface area contributed by atoms with Gasteiger partial charge in [0.15, 0.2) is 0 Å². The Bertz CT molecular complexity index is 427. The van der Waals surface area contributed by atoms with Crippen molar-refractivity contribution >= 4 is 11.9 Å². The maximum Gasteiger partial charge on any atom is 0.339 e. The number of aromatic carboxylic acids is 1. The number of carboxylic acid groups (broad SMARTS) is 1. The van der Waals surface area contributed by atoms with E-state index in [0.717, 1.165) is 6.42 Å². The maximum absolute atomic E-state index is 11.0. The molecule has 1 fully saturated rings. The summed E-state index contributed by atoms with van der Waals surface area (Å²) in [4.78, 5) is 21.8. The van der Waals surface area contributed by atoms with E-state index < -0.39 is 5.97 Å². The van der Waals surface area contributed by atoms with Crippen molar-refractivity contribution in [3.8, 4) is 0 Å². The van der Waals surface area contributed by atoms with Gasteiger partial charge in [0.25, 0.3) is 0 Å². The summed E-state index contributed by atoms with van der Waals surface area (Å²) in [6, 6.07) is 1.56. The van der Waals surface area contributed by atoms with Crippen LogP contribution in [0.3, 0.4) is 0 Å². The third kappa shape index (κ3) is 2.85. The van der Waals surface area contributed by atoms with E-state index in [-0.39, 0.29) is 17.5 Å². The fraction of sp³-hybridized carbons (Fsp3) is 0.455. The van der Waals surface area contributed by atoms with Gasteiger partial charge < -0.3 is 20.2 Å². The minimum atomic E-state index is -0.996. The Labute approximate surface area is 98.0 Å². The molecule has 0 aliphatic carbocycles. The number of hydrogen-bond donors (Lipinski definition) is 3. The van der Waals surface area contributed by atoms with Crippen molar-refractivity contribution in [1.29, 1.82) is 0 Å². The van der Waals surface area contributed by atoms with Crippen LogP contribution in [-0.4, -0.2) is 29.6 Å². The van der Waals surface area contributed by atoms with Crippen molar-refractivity contribution in [3.05, 3.63) is 23.7 Å². The number of carbonyl (C=O) groups is 2. The second-order valence-corrected chi connectivity index (χ2v) is 4.00. The van der Waals surface area contributed by atoms with Gasteiger partial charge in [0.05, 0.1) is 12.8 Å². The average molecular weight is 238 g/mol. The number of carboxylic acids is 1. The lowest BCUT2D eigenvalue weighted by molar-refractivity contribution is -0.119. The molecule has 6 nitrogen and oxygen atoms in total. The highest BCUT2D eigenvalue weighted by Crippen LogP contribution is 2.10. The molecular weight excluding hydrogens is 224 g/mol. The molecule has 0 radical (unpaired) electrons. The Balaban J connectivity index is 1.80. The molecule has 1 aliphatic rings. The molecule has 1 aromatic heterocycles. The Morgan fingerprint density at radius 2 is 2.47 bits per heavy atom. The third-order valence-corrected chi connectivity index (χ3v) is 2.74. The van der Waals surface area contributed by atoms with Gasteiger partial charge in [0, 0.05) is 19.0 Å². The van der Waals surface area contributed by atoms with Crippen LogP contribution in [0.15, 0.2) is 16.7 Å². The smallest absolute Gasteiger partial charge is 0.339 e. The van der Waals surface area contributed by atoms with Crippen molar-refractivity contribution in [2.75, 3.05) is 6.54 Å². The fourth-order valence-corrected chi connectivity index (χ4v) is 1.86. The van der Waals surface area contributed by atoms with Crippen molar-refractivity contribution in [2.24, 2.45) is 0 Å². The van der Waals surface area contributed by atoms with Gasteiger partial charge >= 0.3 is 5.97 Å². The number of amides is 1. The predicted molar refractivity (Wildman–Crippen MR) is 58.5 cm³/mol. The summed E-state index contributed by atoms with van der Waals surface area (Å²) < 4.78 is 5.08. The summed E-state index contributed by atoms with van der Waals surface area (Å²) in [5.41, 5.74) is 0.174. The molecule has 2 rings (SSSR count). The summed E-state index contributed by atoms with van der Waals surface area (Å²) in [6.45, 7) is 0.965. The largest absolute Gasteiger partial charge is 0.478 e.